The summed E-state index contributed by atoms with van der Waals surface area (Å²) in [5.74, 6) is 0. The predicted octanol–water partition coefficient (Wildman–Crippen LogP) is 3.91. The summed E-state index contributed by atoms with van der Waals surface area (Å²) in [6, 6.07) is 0.0855. The molecular formula is C14H22N2O2S. The van der Waals surface area contributed by atoms with Crippen LogP contribution in [0, 0.1) is 6.92 Å². The number of carbonyl (C=O) groups is 1. The van der Waals surface area contributed by atoms with Crippen molar-refractivity contribution in [3.8, 4) is 0 Å². The van der Waals surface area contributed by atoms with Gasteiger partial charge in [0.05, 0.1) is 6.04 Å². The molecule has 0 saturated carbocycles. The van der Waals surface area contributed by atoms with Crippen LogP contribution in [0.3, 0.4) is 0 Å². The summed E-state index contributed by atoms with van der Waals surface area (Å²) in [6.45, 7) is 8.45. The first kappa shape index (κ1) is 14.3. The summed E-state index contributed by atoms with van der Waals surface area (Å²) < 4.78 is 5.50. The molecule has 1 atom stereocenters. The molecule has 1 aliphatic rings. The molecule has 0 aromatic carbocycles. The lowest BCUT2D eigenvalue weighted by molar-refractivity contribution is 0.00947. The fourth-order valence-electron chi connectivity index (χ4n) is 2.25. The molecule has 2 heterocycles. The molecule has 1 amide bonds. The van der Waals surface area contributed by atoms with Crippen molar-refractivity contribution >= 4 is 17.4 Å². The summed E-state index contributed by atoms with van der Waals surface area (Å²) >= 11 is 1.63. The van der Waals surface area contributed by atoms with Crippen LogP contribution in [0.5, 0.6) is 0 Å². The highest BCUT2D eigenvalue weighted by atomic mass is 32.1. The molecule has 0 spiro atoms. The van der Waals surface area contributed by atoms with E-state index in [1.165, 1.54) is 0 Å². The largest absolute Gasteiger partial charge is 0.444 e. The number of aryl methyl sites for hydroxylation is 1. The number of ether oxygens (including phenoxy) is 1. The van der Waals surface area contributed by atoms with E-state index in [4.69, 9.17) is 4.74 Å². The number of piperidine rings is 1. The van der Waals surface area contributed by atoms with E-state index in [1.807, 2.05) is 38.0 Å². The number of nitrogens with zero attached hydrogens (tertiary/aromatic N) is 2. The monoisotopic (exact) mass is 282 g/mol. The number of carbonyl (C=O) groups excluding carboxylic acids is 1. The number of thiazole rings is 1. The average molecular weight is 282 g/mol. The van der Waals surface area contributed by atoms with Crippen molar-refractivity contribution in [2.24, 2.45) is 0 Å². The van der Waals surface area contributed by atoms with Gasteiger partial charge in [-0.1, -0.05) is 0 Å². The van der Waals surface area contributed by atoms with Crippen LogP contribution < -0.4 is 0 Å². The van der Waals surface area contributed by atoms with Crippen molar-refractivity contribution in [1.29, 1.82) is 0 Å². The first-order valence-electron chi connectivity index (χ1n) is 6.78. The molecule has 5 heteroatoms. The minimum absolute atomic E-state index is 0.0855. The number of aromatic nitrogens is 1. The van der Waals surface area contributed by atoms with Crippen molar-refractivity contribution in [2.75, 3.05) is 6.54 Å². The Balaban J connectivity index is 2.14. The number of hydrogen-bond acceptors (Lipinski definition) is 4. The van der Waals surface area contributed by atoms with E-state index in [-0.39, 0.29) is 12.1 Å². The van der Waals surface area contributed by atoms with Gasteiger partial charge >= 0.3 is 6.09 Å². The molecular weight excluding hydrogens is 260 g/mol. The van der Waals surface area contributed by atoms with Gasteiger partial charge in [0.1, 0.15) is 10.6 Å². The standard InChI is InChI=1S/C14H22N2O2S/c1-10-9-19-12(15-10)11-7-5-6-8-16(11)13(17)18-14(2,3)4/h9,11H,5-8H2,1-4H3. The molecule has 4 nitrogen and oxygen atoms in total. The summed E-state index contributed by atoms with van der Waals surface area (Å²) in [7, 11) is 0. The van der Waals surface area contributed by atoms with Gasteiger partial charge in [-0.2, -0.15) is 0 Å². The van der Waals surface area contributed by atoms with E-state index in [0.717, 1.165) is 36.5 Å². The highest BCUT2D eigenvalue weighted by Gasteiger charge is 2.32. The van der Waals surface area contributed by atoms with Crippen LogP contribution in [-0.2, 0) is 4.74 Å². The summed E-state index contributed by atoms with van der Waals surface area (Å²) in [6.07, 6.45) is 2.94. The molecule has 0 aliphatic carbocycles. The molecule has 1 fully saturated rings. The lowest BCUT2D eigenvalue weighted by Crippen LogP contribution is -2.41. The Bertz CT molecular complexity index is 451. The molecule has 2 rings (SSSR count). The smallest absolute Gasteiger partial charge is 0.410 e. The average Bonchev–Trinajstić information content (AvgIpc) is 2.73. The zero-order valence-corrected chi connectivity index (χ0v) is 12.9. The van der Waals surface area contributed by atoms with Crippen molar-refractivity contribution in [2.45, 2.75) is 58.6 Å². The van der Waals surface area contributed by atoms with Crippen LogP contribution in [0.2, 0.25) is 0 Å². The molecule has 1 aromatic rings. The Hall–Kier alpha value is -1.10. The Morgan fingerprint density at radius 2 is 2.21 bits per heavy atom. The second kappa shape index (κ2) is 5.49. The fraction of sp³-hybridized carbons (Fsp3) is 0.714. The zero-order chi connectivity index (χ0) is 14.0. The van der Waals surface area contributed by atoms with Crippen molar-refractivity contribution in [3.05, 3.63) is 16.1 Å². The minimum Gasteiger partial charge on any atom is -0.444 e. The quantitative estimate of drug-likeness (QED) is 0.784. The van der Waals surface area contributed by atoms with E-state index in [2.05, 4.69) is 4.98 Å². The molecule has 1 saturated heterocycles. The van der Waals surface area contributed by atoms with Crippen LogP contribution in [-0.4, -0.2) is 28.1 Å². The van der Waals surface area contributed by atoms with Gasteiger partial charge in [0.2, 0.25) is 0 Å². The highest BCUT2D eigenvalue weighted by Crippen LogP contribution is 2.33. The lowest BCUT2D eigenvalue weighted by atomic mass is 10.0. The summed E-state index contributed by atoms with van der Waals surface area (Å²) in [4.78, 5) is 18.7. The van der Waals surface area contributed by atoms with Gasteiger partial charge < -0.3 is 4.74 Å². The van der Waals surface area contributed by atoms with Crippen molar-refractivity contribution < 1.29 is 9.53 Å². The highest BCUT2D eigenvalue weighted by molar-refractivity contribution is 7.09. The fourth-order valence-corrected chi connectivity index (χ4v) is 3.20. The van der Waals surface area contributed by atoms with Crippen LogP contribution in [0.25, 0.3) is 0 Å². The third kappa shape index (κ3) is 3.69. The van der Waals surface area contributed by atoms with Crippen LogP contribution in [0.4, 0.5) is 4.79 Å². The maximum atomic E-state index is 12.3. The first-order chi connectivity index (χ1) is 8.87. The van der Waals surface area contributed by atoms with E-state index in [1.54, 1.807) is 11.3 Å². The van der Waals surface area contributed by atoms with Gasteiger partial charge in [0, 0.05) is 17.6 Å². The van der Waals surface area contributed by atoms with Gasteiger partial charge in [-0.15, -0.1) is 11.3 Å². The molecule has 106 valence electrons. The van der Waals surface area contributed by atoms with Gasteiger partial charge in [0.15, 0.2) is 0 Å². The van der Waals surface area contributed by atoms with E-state index in [0.29, 0.717) is 0 Å². The topological polar surface area (TPSA) is 42.4 Å². The minimum atomic E-state index is -0.447. The Morgan fingerprint density at radius 1 is 1.47 bits per heavy atom. The van der Waals surface area contributed by atoms with Gasteiger partial charge in [0.25, 0.3) is 0 Å². The normalized spacial score (nSPS) is 20.4. The SMILES string of the molecule is Cc1csc(C2CCCCN2C(=O)OC(C)(C)C)n1. The van der Waals surface area contributed by atoms with Crippen molar-refractivity contribution in [1.82, 2.24) is 9.88 Å². The maximum Gasteiger partial charge on any atom is 0.410 e. The van der Waals surface area contributed by atoms with E-state index < -0.39 is 5.60 Å². The summed E-state index contributed by atoms with van der Waals surface area (Å²) in [5.41, 5.74) is 0.576. The predicted molar refractivity (Wildman–Crippen MR) is 76.4 cm³/mol. The third-order valence-corrected chi connectivity index (χ3v) is 4.12. The number of amides is 1. The van der Waals surface area contributed by atoms with E-state index >= 15 is 0 Å². The molecule has 19 heavy (non-hydrogen) atoms. The molecule has 1 aliphatic heterocycles. The van der Waals surface area contributed by atoms with Crippen molar-refractivity contribution in [3.63, 3.8) is 0 Å². The maximum absolute atomic E-state index is 12.3. The van der Waals surface area contributed by atoms with Crippen LogP contribution in [0.15, 0.2) is 5.38 Å². The Morgan fingerprint density at radius 3 is 2.79 bits per heavy atom. The van der Waals surface area contributed by atoms with E-state index in [9.17, 15) is 4.79 Å². The molecule has 0 radical (unpaired) electrons. The molecule has 0 N–H and O–H groups in total. The third-order valence-electron chi connectivity index (χ3n) is 3.05. The Kier molecular flexibility index (Phi) is 4.13. The second-order valence-corrected chi connectivity index (χ2v) is 6.90. The number of rotatable bonds is 1. The lowest BCUT2D eigenvalue weighted by Gasteiger charge is -2.35. The van der Waals surface area contributed by atoms with Crippen LogP contribution in [0.1, 0.15) is 56.8 Å². The van der Waals surface area contributed by atoms with Gasteiger partial charge in [-0.05, 0) is 47.0 Å². The first-order valence-corrected chi connectivity index (χ1v) is 7.66. The molecule has 1 aromatic heterocycles. The number of likely N-dealkylation sites (tertiary alicyclic amines) is 1. The molecule has 1 unspecified atom stereocenters. The molecule has 0 bridgehead atoms. The van der Waals surface area contributed by atoms with Gasteiger partial charge in [-0.25, -0.2) is 9.78 Å². The second-order valence-electron chi connectivity index (χ2n) is 6.01. The Labute approximate surface area is 118 Å². The summed E-state index contributed by atoms with van der Waals surface area (Å²) in [5, 5.41) is 3.07. The number of hydrogen-bond donors (Lipinski definition) is 0. The van der Waals surface area contributed by atoms with Gasteiger partial charge in [-0.3, -0.25) is 4.90 Å². The zero-order valence-electron chi connectivity index (χ0n) is 12.1. The van der Waals surface area contributed by atoms with Crippen LogP contribution >= 0.6 is 11.3 Å².